The summed E-state index contributed by atoms with van der Waals surface area (Å²) in [6.45, 7) is 1.87. The van der Waals surface area contributed by atoms with Gasteiger partial charge in [-0.3, -0.25) is 9.59 Å². The number of rotatable bonds is 11. The van der Waals surface area contributed by atoms with Crippen LogP contribution in [0.1, 0.15) is 18.1 Å². The normalized spacial score (nSPS) is 12.3. The van der Waals surface area contributed by atoms with Crippen LogP contribution in [0, 0.1) is 0 Å². The van der Waals surface area contributed by atoms with Crippen LogP contribution in [0.5, 0.6) is 0 Å². The number of amides is 2. The summed E-state index contributed by atoms with van der Waals surface area (Å²) in [4.78, 5) is 28.7. The highest BCUT2D eigenvalue weighted by Gasteiger charge is 2.33. The van der Waals surface area contributed by atoms with E-state index in [4.69, 9.17) is 11.6 Å². The fourth-order valence-electron chi connectivity index (χ4n) is 4.51. The molecule has 7 nitrogen and oxygen atoms in total. The van der Waals surface area contributed by atoms with Crippen molar-refractivity contribution in [1.29, 1.82) is 0 Å². The minimum Gasteiger partial charge on any atom is -0.355 e. The Morgan fingerprint density at radius 2 is 1.50 bits per heavy atom. The van der Waals surface area contributed by atoms with Gasteiger partial charge in [0.25, 0.3) is 0 Å². The minimum atomic E-state index is -3.98. The van der Waals surface area contributed by atoms with Crippen molar-refractivity contribution in [2.75, 3.05) is 20.1 Å². The second-order valence-electron chi connectivity index (χ2n) is 9.52. The van der Waals surface area contributed by atoms with E-state index in [0.717, 1.165) is 26.2 Å². The first-order valence-electron chi connectivity index (χ1n) is 13.0. The van der Waals surface area contributed by atoms with E-state index in [-0.39, 0.29) is 23.8 Å². The number of fused-ring (bicyclic) bond motifs is 1. The van der Waals surface area contributed by atoms with E-state index in [2.05, 4.69) is 5.32 Å². The van der Waals surface area contributed by atoms with E-state index < -0.39 is 28.5 Å². The number of carbonyl (C=O) groups is 2. The predicted octanol–water partition coefficient (Wildman–Crippen LogP) is 4.89. The number of nitrogens with one attached hydrogen (secondary N) is 1. The Kier molecular flexibility index (Phi) is 9.58. The molecule has 1 unspecified atom stereocenters. The summed E-state index contributed by atoms with van der Waals surface area (Å²) in [5.41, 5.74) is 1.64. The first-order valence-corrected chi connectivity index (χ1v) is 14.8. The zero-order valence-electron chi connectivity index (χ0n) is 22.5. The molecule has 0 aliphatic rings. The molecule has 0 aromatic heterocycles. The van der Waals surface area contributed by atoms with Crippen molar-refractivity contribution >= 4 is 44.2 Å². The van der Waals surface area contributed by atoms with Crippen LogP contribution in [-0.2, 0) is 32.6 Å². The number of sulfonamides is 1. The Hall–Kier alpha value is -3.72. The van der Waals surface area contributed by atoms with E-state index >= 15 is 0 Å². The molecule has 1 N–H and O–H groups in total. The van der Waals surface area contributed by atoms with Gasteiger partial charge in [0.2, 0.25) is 21.8 Å². The van der Waals surface area contributed by atoms with Crippen LogP contribution in [0.15, 0.2) is 102 Å². The second-order valence-corrected chi connectivity index (χ2v) is 12.0. The van der Waals surface area contributed by atoms with Crippen LogP contribution >= 0.6 is 11.6 Å². The number of likely N-dealkylation sites (N-methyl/N-ethyl adjacent to an activating group) is 2. The van der Waals surface area contributed by atoms with Crippen LogP contribution in [0.4, 0.5) is 0 Å². The van der Waals surface area contributed by atoms with Crippen LogP contribution in [-0.4, -0.2) is 55.6 Å². The van der Waals surface area contributed by atoms with Crippen molar-refractivity contribution in [3.05, 3.63) is 113 Å². The zero-order chi connectivity index (χ0) is 28.7. The average Bonchev–Trinajstić information content (AvgIpc) is 2.96. The predicted molar refractivity (Wildman–Crippen MR) is 158 cm³/mol. The van der Waals surface area contributed by atoms with E-state index in [1.807, 2.05) is 61.5 Å². The van der Waals surface area contributed by atoms with Crippen molar-refractivity contribution in [1.82, 2.24) is 14.5 Å². The van der Waals surface area contributed by atoms with Crippen molar-refractivity contribution in [2.24, 2.45) is 0 Å². The molecule has 0 aliphatic carbocycles. The monoisotopic (exact) mass is 577 g/mol. The van der Waals surface area contributed by atoms with Gasteiger partial charge in [-0.1, -0.05) is 84.4 Å². The molecule has 0 fully saturated rings. The van der Waals surface area contributed by atoms with Gasteiger partial charge < -0.3 is 10.2 Å². The second kappa shape index (κ2) is 13.1. The SMILES string of the molecule is CCNC(=O)C(Cc1ccccc1)N(Cc1ccc(Cl)cc1)C(=O)CN(C)S(=O)(=O)c1ccc2ccccc2c1. The Bertz CT molecular complexity index is 1580. The van der Waals surface area contributed by atoms with Gasteiger partial charge >= 0.3 is 0 Å². The molecule has 2 amide bonds. The number of hydrogen-bond acceptors (Lipinski definition) is 4. The fraction of sp³-hybridized carbons (Fsp3) is 0.226. The van der Waals surface area contributed by atoms with Gasteiger partial charge in [0.1, 0.15) is 6.04 Å². The minimum absolute atomic E-state index is 0.0929. The molecule has 40 heavy (non-hydrogen) atoms. The smallest absolute Gasteiger partial charge is 0.243 e. The summed E-state index contributed by atoms with van der Waals surface area (Å²) in [5.74, 6) is -0.803. The topological polar surface area (TPSA) is 86.8 Å². The highest BCUT2D eigenvalue weighted by atomic mass is 35.5. The summed E-state index contributed by atoms with van der Waals surface area (Å²) >= 11 is 6.07. The van der Waals surface area contributed by atoms with E-state index in [1.54, 1.807) is 36.4 Å². The van der Waals surface area contributed by atoms with Gasteiger partial charge in [-0.2, -0.15) is 4.31 Å². The molecule has 0 saturated carbocycles. The molecule has 0 aliphatic heterocycles. The first kappa shape index (κ1) is 29.3. The lowest BCUT2D eigenvalue weighted by molar-refractivity contribution is -0.141. The number of carbonyl (C=O) groups excluding carboxylic acids is 2. The van der Waals surface area contributed by atoms with E-state index in [9.17, 15) is 18.0 Å². The number of nitrogens with zero attached hydrogens (tertiary/aromatic N) is 2. The Labute approximate surface area is 240 Å². The van der Waals surface area contributed by atoms with Crippen LogP contribution in [0.25, 0.3) is 10.8 Å². The lowest BCUT2D eigenvalue weighted by Crippen LogP contribution is -2.53. The molecule has 4 aromatic carbocycles. The van der Waals surface area contributed by atoms with Crippen LogP contribution < -0.4 is 5.32 Å². The molecule has 9 heteroatoms. The van der Waals surface area contributed by atoms with Crippen molar-refractivity contribution in [3.8, 4) is 0 Å². The molecule has 0 heterocycles. The van der Waals surface area contributed by atoms with Gasteiger partial charge in [0.15, 0.2) is 0 Å². The number of hydrogen-bond donors (Lipinski definition) is 1. The molecule has 1 atom stereocenters. The largest absolute Gasteiger partial charge is 0.355 e. The summed E-state index contributed by atoms with van der Waals surface area (Å²) < 4.78 is 28.0. The van der Waals surface area contributed by atoms with Crippen LogP contribution in [0.2, 0.25) is 5.02 Å². The molecule has 208 valence electrons. The number of halogens is 1. The molecular formula is C31H32ClN3O4S. The van der Waals surface area contributed by atoms with Crippen LogP contribution in [0.3, 0.4) is 0 Å². The number of benzene rings is 4. The molecule has 4 rings (SSSR count). The standard InChI is InChI=1S/C31H32ClN3O4S/c1-3-33-31(37)29(19-23-9-5-4-6-10-23)35(21-24-13-16-27(32)17-14-24)30(36)22-34(2)40(38,39)28-18-15-25-11-7-8-12-26(25)20-28/h4-18,20,29H,3,19,21-22H2,1-2H3,(H,33,37). The lowest BCUT2D eigenvalue weighted by Gasteiger charge is -2.32. The third-order valence-corrected chi connectivity index (χ3v) is 8.73. The first-order chi connectivity index (χ1) is 19.2. The van der Waals surface area contributed by atoms with E-state index in [1.165, 1.54) is 18.0 Å². The third kappa shape index (κ3) is 7.07. The van der Waals surface area contributed by atoms with Crippen molar-refractivity contribution in [3.63, 3.8) is 0 Å². The summed E-state index contributed by atoms with van der Waals surface area (Å²) in [6.07, 6.45) is 0.271. The molecule has 0 saturated heterocycles. The Morgan fingerprint density at radius 3 is 2.17 bits per heavy atom. The summed E-state index contributed by atoms with van der Waals surface area (Å²) in [6, 6.07) is 27.9. The zero-order valence-corrected chi connectivity index (χ0v) is 24.0. The van der Waals surface area contributed by atoms with Crippen molar-refractivity contribution < 1.29 is 18.0 Å². The summed E-state index contributed by atoms with van der Waals surface area (Å²) in [7, 11) is -2.61. The van der Waals surface area contributed by atoms with Gasteiger partial charge in [-0.25, -0.2) is 8.42 Å². The molecule has 0 bridgehead atoms. The van der Waals surface area contributed by atoms with Gasteiger partial charge in [-0.15, -0.1) is 0 Å². The fourth-order valence-corrected chi connectivity index (χ4v) is 5.79. The third-order valence-electron chi connectivity index (χ3n) is 6.68. The average molecular weight is 578 g/mol. The van der Waals surface area contributed by atoms with Gasteiger partial charge in [-0.05, 0) is 53.1 Å². The highest BCUT2D eigenvalue weighted by Crippen LogP contribution is 2.22. The van der Waals surface area contributed by atoms with Gasteiger partial charge in [0, 0.05) is 31.6 Å². The van der Waals surface area contributed by atoms with Crippen molar-refractivity contribution in [2.45, 2.75) is 30.8 Å². The Morgan fingerprint density at radius 1 is 0.850 bits per heavy atom. The van der Waals surface area contributed by atoms with Gasteiger partial charge in [0.05, 0.1) is 11.4 Å². The summed E-state index contributed by atoms with van der Waals surface area (Å²) in [5, 5.41) is 5.09. The lowest BCUT2D eigenvalue weighted by atomic mass is 10.0. The molecule has 0 spiro atoms. The molecule has 4 aromatic rings. The quantitative estimate of drug-likeness (QED) is 0.275. The highest BCUT2D eigenvalue weighted by molar-refractivity contribution is 7.89. The molecule has 0 radical (unpaired) electrons. The van der Waals surface area contributed by atoms with E-state index in [0.29, 0.717) is 11.6 Å². The maximum atomic E-state index is 13.9. The molecular weight excluding hydrogens is 546 g/mol. The maximum absolute atomic E-state index is 13.9. The Balaban J connectivity index is 1.65. The maximum Gasteiger partial charge on any atom is 0.243 e.